The molecule has 0 aliphatic carbocycles. The zero-order valence-corrected chi connectivity index (χ0v) is 21.0. The van der Waals surface area contributed by atoms with Crippen LogP contribution in [0.4, 0.5) is 0 Å². The van der Waals surface area contributed by atoms with Crippen molar-refractivity contribution < 1.29 is 24.3 Å². The Morgan fingerprint density at radius 1 is 1.23 bits per heavy atom. The number of amides is 1. The van der Waals surface area contributed by atoms with Gasteiger partial charge in [0.05, 0.1) is 17.9 Å². The first-order valence-electron chi connectivity index (χ1n) is 12.8. The summed E-state index contributed by atoms with van der Waals surface area (Å²) >= 11 is 0. The Labute approximate surface area is 208 Å². The van der Waals surface area contributed by atoms with E-state index in [0.29, 0.717) is 42.2 Å². The van der Waals surface area contributed by atoms with E-state index in [4.69, 9.17) is 9.57 Å². The van der Waals surface area contributed by atoms with Crippen molar-refractivity contribution in [1.29, 1.82) is 0 Å². The van der Waals surface area contributed by atoms with Gasteiger partial charge in [0.15, 0.2) is 6.61 Å². The molecule has 35 heavy (non-hydrogen) atoms. The van der Waals surface area contributed by atoms with E-state index in [9.17, 15) is 14.7 Å². The molecule has 0 aromatic heterocycles. The van der Waals surface area contributed by atoms with Crippen LogP contribution in [0.3, 0.4) is 0 Å². The number of cyclic esters (lactones) is 1. The lowest BCUT2D eigenvalue weighted by Gasteiger charge is -2.26. The number of ether oxygens (including phenoxy) is 1. The number of phenols is 1. The molecule has 2 aliphatic rings. The average molecular weight is 483 g/mol. The number of aryl methyl sites for hydroxylation is 1. The first-order chi connectivity index (χ1) is 17.0. The third kappa shape index (κ3) is 8.26. The van der Waals surface area contributed by atoms with Crippen molar-refractivity contribution in [3.8, 4) is 5.75 Å². The van der Waals surface area contributed by atoms with Crippen LogP contribution in [-0.2, 0) is 27.2 Å². The number of benzene rings is 1. The van der Waals surface area contributed by atoms with E-state index in [1.165, 1.54) is 0 Å². The number of likely N-dealkylation sites (tertiary alicyclic amines) is 1. The van der Waals surface area contributed by atoms with Gasteiger partial charge in [0, 0.05) is 19.5 Å². The molecule has 190 valence electrons. The molecule has 7 nitrogen and oxygen atoms in total. The molecule has 1 atom stereocenters. The second-order valence-corrected chi connectivity index (χ2v) is 9.33. The number of carbonyl (C=O) groups is 2. The maximum absolute atomic E-state index is 13.1. The molecule has 1 amide bonds. The molecule has 2 heterocycles. The van der Waals surface area contributed by atoms with E-state index in [2.05, 4.69) is 18.2 Å². The fraction of sp³-hybridized carbons (Fsp3) is 0.536. The topological polar surface area (TPSA) is 88.4 Å². The lowest BCUT2D eigenvalue weighted by atomic mass is 9.93. The summed E-state index contributed by atoms with van der Waals surface area (Å²) in [5, 5.41) is 14.6. The minimum absolute atomic E-state index is 0.0652. The van der Waals surface area contributed by atoms with E-state index >= 15 is 0 Å². The molecular formula is C28H38N2O5. The highest BCUT2D eigenvalue weighted by molar-refractivity contribution is 6.00. The largest absolute Gasteiger partial charge is 0.508 e. The number of phenolic OH excluding ortho intramolecular Hbond substituents is 1. The molecule has 2 aliphatic heterocycles. The Balaban J connectivity index is 1.88. The number of oxime groups is 1. The molecule has 0 spiro atoms. The standard InChI is InChI=1S/C28H38N2O5/c1-3-10-22-18-25(31)19-23-17-24(29-35-20-26(32)30-14-6-4-7-15-30)13-9-12-21(2)11-5-8-16-34-28(33)27(22)23/h5,9,11,13,18-19,21,31H,3-4,6-8,10,12,14-17,20H2,1-2H3/b11-5+,13-9+,29-24+. The van der Waals surface area contributed by atoms with Crippen molar-refractivity contribution in [3.63, 3.8) is 0 Å². The summed E-state index contributed by atoms with van der Waals surface area (Å²) in [4.78, 5) is 32.8. The van der Waals surface area contributed by atoms with Crippen LogP contribution in [0.5, 0.6) is 5.75 Å². The van der Waals surface area contributed by atoms with Crippen molar-refractivity contribution in [2.75, 3.05) is 26.3 Å². The minimum Gasteiger partial charge on any atom is -0.508 e. The van der Waals surface area contributed by atoms with Crippen molar-refractivity contribution in [2.24, 2.45) is 11.1 Å². The predicted octanol–water partition coefficient (Wildman–Crippen LogP) is 4.97. The van der Waals surface area contributed by atoms with Crippen LogP contribution in [-0.4, -0.2) is 53.9 Å². The molecule has 1 saturated heterocycles. The van der Waals surface area contributed by atoms with Crippen LogP contribution < -0.4 is 0 Å². The van der Waals surface area contributed by atoms with Gasteiger partial charge in [0.2, 0.25) is 0 Å². The SMILES string of the molecule is CCCc1cc(O)cc2c1C(=O)OCC/C=C/C(C)C/C=C/C(=N\OCC(=O)N1CCCCC1)C2. The average Bonchev–Trinajstić information content (AvgIpc) is 2.83. The molecule has 7 heteroatoms. The van der Waals surface area contributed by atoms with Crippen LogP contribution in [0.1, 0.15) is 73.9 Å². The number of piperidine rings is 1. The molecule has 1 aromatic carbocycles. The summed E-state index contributed by atoms with van der Waals surface area (Å²) in [5.74, 6) is -0.0431. The number of hydrogen-bond donors (Lipinski definition) is 1. The molecule has 0 radical (unpaired) electrons. The van der Waals surface area contributed by atoms with Crippen molar-refractivity contribution in [1.82, 2.24) is 4.90 Å². The lowest BCUT2D eigenvalue weighted by Crippen LogP contribution is -2.37. The van der Waals surface area contributed by atoms with Gasteiger partial charge in [-0.2, -0.15) is 0 Å². The molecule has 0 saturated carbocycles. The quantitative estimate of drug-likeness (QED) is 0.364. The minimum atomic E-state index is -0.397. The van der Waals surface area contributed by atoms with E-state index < -0.39 is 5.97 Å². The molecule has 0 bridgehead atoms. The number of allylic oxidation sites excluding steroid dienone is 3. The second-order valence-electron chi connectivity index (χ2n) is 9.33. The maximum Gasteiger partial charge on any atom is 0.338 e. The Kier molecular flexibility index (Phi) is 10.4. The van der Waals surface area contributed by atoms with Gasteiger partial charge in [-0.3, -0.25) is 4.79 Å². The number of nitrogens with zero attached hydrogens (tertiary/aromatic N) is 2. The number of esters is 1. The summed E-state index contributed by atoms with van der Waals surface area (Å²) in [7, 11) is 0. The summed E-state index contributed by atoms with van der Waals surface area (Å²) in [6, 6.07) is 3.22. The van der Waals surface area contributed by atoms with Crippen LogP contribution in [0.15, 0.2) is 41.6 Å². The number of hydrogen-bond acceptors (Lipinski definition) is 6. The smallest absolute Gasteiger partial charge is 0.338 e. The molecular weight excluding hydrogens is 444 g/mol. The first kappa shape index (κ1) is 26.5. The number of fused-ring (bicyclic) bond motifs is 1. The van der Waals surface area contributed by atoms with Gasteiger partial charge in [0.25, 0.3) is 5.91 Å². The summed E-state index contributed by atoms with van der Waals surface area (Å²) in [6.07, 6.45) is 14.5. The Morgan fingerprint density at radius 3 is 2.80 bits per heavy atom. The predicted molar refractivity (Wildman–Crippen MR) is 137 cm³/mol. The third-order valence-electron chi connectivity index (χ3n) is 6.26. The summed E-state index contributed by atoms with van der Waals surface area (Å²) < 4.78 is 5.58. The Hall–Kier alpha value is -3.09. The van der Waals surface area contributed by atoms with Crippen LogP contribution >= 0.6 is 0 Å². The van der Waals surface area contributed by atoms with Gasteiger partial charge in [-0.25, -0.2) is 4.79 Å². The van der Waals surface area contributed by atoms with Crippen molar-refractivity contribution in [2.45, 2.75) is 65.2 Å². The normalized spacial score (nSPS) is 22.6. The molecule has 1 unspecified atom stereocenters. The number of aromatic hydroxyl groups is 1. The third-order valence-corrected chi connectivity index (χ3v) is 6.26. The first-order valence-corrected chi connectivity index (χ1v) is 12.8. The molecule has 3 rings (SSSR count). The fourth-order valence-corrected chi connectivity index (χ4v) is 4.46. The van der Waals surface area contributed by atoms with Gasteiger partial charge in [0.1, 0.15) is 5.75 Å². The zero-order valence-electron chi connectivity index (χ0n) is 21.0. The highest BCUT2D eigenvalue weighted by Crippen LogP contribution is 2.26. The monoisotopic (exact) mass is 482 g/mol. The van der Waals surface area contributed by atoms with E-state index in [-0.39, 0.29) is 24.7 Å². The van der Waals surface area contributed by atoms with Crippen molar-refractivity contribution >= 4 is 17.6 Å². The Bertz CT molecular complexity index is 960. The number of carbonyl (C=O) groups excluding carboxylic acids is 2. The summed E-state index contributed by atoms with van der Waals surface area (Å²) in [5.41, 5.74) is 2.44. The maximum atomic E-state index is 13.1. The number of rotatable bonds is 5. The fourth-order valence-electron chi connectivity index (χ4n) is 4.46. The van der Waals surface area contributed by atoms with Crippen LogP contribution in [0.2, 0.25) is 0 Å². The molecule has 1 N–H and O–H groups in total. The van der Waals surface area contributed by atoms with Crippen LogP contribution in [0.25, 0.3) is 0 Å². The van der Waals surface area contributed by atoms with Crippen LogP contribution in [0, 0.1) is 5.92 Å². The van der Waals surface area contributed by atoms with E-state index in [1.807, 2.05) is 30.1 Å². The lowest BCUT2D eigenvalue weighted by molar-refractivity contribution is -0.137. The van der Waals surface area contributed by atoms with Crippen molar-refractivity contribution in [3.05, 3.63) is 53.1 Å². The highest BCUT2D eigenvalue weighted by atomic mass is 16.6. The van der Waals surface area contributed by atoms with Gasteiger partial charge >= 0.3 is 5.97 Å². The Morgan fingerprint density at radius 2 is 2.03 bits per heavy atom. The molecule has 1 fully saturated rings. The van der Waals surface area contributed by atoms with Gasteiger partial charge in [-0.05, 0) is 73.8 Å². The second kappa shape index (κ2) is 13.7. The molecule has 1 aromatic rings. The van der Waals surface area contributed by atoms with Gasteiger partial charge < -0.3 is 19.6 Å². The van der Waals surface area contributed by atoms with Gasteiger partial charge in [-0.15, -0.1) is 0 Å². The van der Waals surface area contributed by atoms with E-state index in [0.717, 1.165) is 50.8 Å². The van der Waals surface area contributed by atoms with Gasteiger partial charge in [-0.1, -0.05) is 43.7 Å². The highest BCUT2D eigenvalue weighted by Gasteiger charge is 2.21. The van der Waals surface area contributed by atoms with E-state index in [1.54, 1.807) is 12.1 Å². The zero-order chi connectivity index (χ0) is 25.0. The summed E-state index contributed by atoms with van der Waals surface area (Å²) in [6.45, 7) is 5.85.